The van der Waals surface area contributed by atoms with Crippen LogP contribution in [0.4, 0.5) is 0 Å². The lowest BCUT2D eigenvalue weighted by Gasteiger charge is -2.29. The van der Waals surface area contributed by atoms with Crippen LogP contribution in [0.3, 0.4) is 0 Å². The van der Waals surface area contributed by atoms with E-state index in [1.54, 1.807) is 31.5 Å². The van der Waals surface area contributed by atoms with Gasteiger partial charge in [-0.15, -0.1) is 0 Å². The minimum absolute atomic E-state index is 0.172. The van der Waals surface area contributed by atoms with Crippen LogP contribution in [0.25, 0.3) is 0 Å². The Labute approximate surface area is 107 Å². The van der Waals surface area contributed by atoms with Crippen molar-refractivity contribution >= 4 is 5.91 Å². The molecule has 1 fully saturated rings. The molecule has 1 aromatic rings. The van der Waals surface area contributed by atoms with Crippen molar-refractivity contribution in [2.24, 2.45) is 5.73 Å². The Kier molecular flexibility index (Phi) is 3.93. The highest BCUT2D eigenvalue weighted by Gasteiger charge is 2.33. The van der Waals surface area contributed by atoms with Gasteiger partial charge in [0.2, 0.25) is 5.91 Å². The number of pyridine rings is 1. The van der Waals surface area contributed by atoms with Crippen molar-refractivity contribution in [3.63, 3.8) is 0 Å². The van der Waals surface area contributed by atoms with Gasteiger partial charge in [-0.25, -0.2) is 0 Å². The summed E-state index contributed by atoms with van der Waals surface area (Å²) in [4.78, 5) is 15.7. The first kappa shape index (κ1) is 13.0. The van der Waals surface area contributed by atoms with Gasteiger partial charge >= 0.3 is 0 Å². The second-order valence-electron chi connectivity index (χ2n) is 4.74. The summed E-state index contributed by atoms with van der Waals surface area (Å²) in [7, 11) is 0. The molecule has 0 bridgehead atoms. The van der Waals surface area contributed by atoms with Crippen LogP contribution < -0.4 is 11.1 Å². The van der Waals surface area contributed by atoms with Gasteiger partial charge in [0.15, 0.2) is 0 Å². The molecular formula is C13H19N3O2. The topological polar surface area (TPSA) is 77.2 Å². The van der Waals surface area contributed by atoms with Gasteiger partial charge in [0.1, 0.15) is 5.54 Å². The molecule has 1 amide bonds. The maximum absolute atomic E-state index is 11.7. The average molecular weight is 249 g/mol. The van der Waals surface area contributed by atoms with E-state index in [9.17, 15) is 4.79 Å². The number of primary amides is 1. The van der Waals surface area contributed by atoms with Gasteiger partial charge in [-0.3, -0.25) is 15.1 Å². The molecular weight excluding hydrogens is 230 g/mol. The molecule has 1 aliphatic heterocycles. The number of nitrogens with two attached hydrogens (primary N) is 1. The molecule has 3 N–H and O–H groups in total. The van der Waals surface area contributed by atoms with Crippen molar-refractivity contribution < 1.29 is 9.53 Å². The van der Waals surface area contributed by atoms with Gasteiger partial charge in [-0.1, -0.05) is 0 Å². The third-order valence-corrected chi connectivity index (χ3v) is 3.46. The number of rotatable bonds is 5. The summed E-state index contributed by atoms with van der Waals surface area (Å²) in [6, 6.07) is 3.60. The van der Waals surface area contributed by atoms with Crippen molar-refractivity contribution in [3.8, 4) is 0 Å². The number of aromatic nitrogens is 1. The molecule has 1 aromatic heterocycles. The third-order valence-electron chi connectivity index (χ3n) is 3.46. The number of ether oxygens (including phenoxy) is 1. The summed E-state index contributed by atoms with van der Waals surface area (Å²) >= 11 is 0. The van der Waals surface area contributed by atoms with Crippen molar-refractivity contribution in [1.29, 1.82) is 0 Å². The van der Waals surface area contributed by atoms with Gasteiger partial charge in [0.05, 0.1) is 6.10 Å². The Bertz CT molecular complexity index is 404. The highest BCUT2D eigenvalue weighted by molar-refractivity contribution is 5.85. The van der Waals surface area contributed by atoms with Crippen LogP contribution in [0.15, 0.2) is 24.5 Å². The first-order valence-electron chi connectivity index (χ1n) is 6.20. The van der Waals surface area contributed by atoms with E-state index in [1.165, 1.54) is 0 Å². The Morgan fingerprint density at radius 1 is 1.61 bits per heavy atom. The van der Waals surface area contributed by atoms with Crippen molar-refractivity contribution in [2.45, 2.75) is 31.4 Å². The van der Waals surface area contributed by atoms with E-state index < -0.39 is 11.4 Å². The third kappa shape index (κ3) is 2.68. The number of nitrogens with zero attached hydrogens (tertiary/aromatic N) is 1. The summed E-state index contributed by atoms with van der Waals surface area (Å²) in [5, 5.41) is 3.23. The van der Waals surface area contributed by atoms with Crippen molar-refractivity contribution in [2.75, 3.05) is 13.2 Å². The molecule has 0 aliphatic carbocycles. The molecule has 2 heterocycles. The predicted molar refractivity (Wildman–Crippen MR) is 67.8 cm³/mol. The summed E-state index contributed by atoms with van der Waals surface area (Å²) in [6.45, 7) is 3.22. The molecule has 0 aromatic carbocycles. The minimum Gasteiger partial charge on any atom is -0.377 e. The summed E-state index contributed by atoms with van der Waals surface area (Å²) in [5.41, 5.74) is 5.47. The zero-order valence-corrected chi connectivity index (χ0v) is 10.6. The van der Waals surface area contributed by atoms with E-state index in [0.717, 1.165) is 25.0 Å². The van der Waals surface area contributed by atoms with Gasteiger partial charge in [-0.2, -0.15) is 0 Å². The van der Waals surface area contributed by atoms with Crippen LogP contribution in [0.5, 0.6) is 0 Å². The second-order valence-corrected chi connectivity index (χ2v) is 4.74. The molecule has 1 aliphatic rings. The monoisotopic (exact) mass is 249 g/mol. The first-order chi connectivity index (χ1) is 8.63. The number of nitrogens with one attached hydrogen (secondary N) is 1. The van der Waals surface area contributed by atoms with E-state index in [1.807, 2.05) is 0 Å². The minimum atomic E-state index is -0.880. The fraction of sp³-hybridized carbons (Fsp3) is 0.538. The molecule has 5 heteroatoms. The fourth-order valence-electron chi connectivity index (χ4n) is 2.14. The van der Waals surface area contributed by atoms with E-state index >= 15 is 0 Å². The van der Waals surface area contributed by atoms with Crippen LogP contribution in [-0.2, 0) is 15.1 Å². The second kappa shape index (κ2) is 5.46. The summed E-state index contributed by atoms with van der Waals surface area (Å²) in [6.07, 6.45) is 5.59. The van der Waals surface area contributed by atoms with Gasteiger partial charge in [0.25, 0.3) is 0 Å². The molecule has 18 heavy (non-hydrogen) atoms. The predicted octanol–water partition coefficient (Wildman–Crippen LogP) is 0.551. The lowest BCUT2D eigenvalue weighted by atomic mass is 9.92. The van der Waals surface area contributed by atoms with Gasteiger partial charge in [-0.05, 0) is 37.5 Å². The van der Waals surface area contributed by atoms with E-state index in [0.29, 0.717) is 6.54 Å². The first-order valence-corrected chi connectivity index (χ1v) is 6.20. The standard InChI is InChI=1S/C13H19N3O2/c1-13(12(14)17,10-4-6-15-7-5-10)16-9-11-3-2-8-18-11/h4-7,11,16H,2-3,8-9H2,1H3,(H2,14,17). The Morgan fingerprint density at radius 2 is 2.33 bits per heavy atom. The smallest absolute Gasteiger partial charge is 0.242 e. The molecule has 0 saturated carbocycles. The maximum atomic E-state index is 11.7. The van der Waals surface area contributed by atoms with Crippen LogP contribution in [0.1, 0.15) is 25.3 Å². The number of carbonyl (C=O) groups excluding carboxylic acids is 1. The average Bonchev–Trinajstić information content (AvgIpc) is 2.90. The SMILES string of the molecule is CC(NCC1CCCO1)(C(N)=O)c1ccncc1. The number of amides is 1. The Hall–Kier alpha value is -1.46. The van der Waals surface area contributed by atoms with Crippen molar-refractivity contribution in [3.05, 3.63) is 30.1 Å². The highest BCUT2D eigenvalue weighted by Crippen LogP contribution is 2.21. The fourth-order valence-corrected chi connectivity index (χ4v) is 2.14. The van der Waals surface area contributed by atoms with Gasteiger partial charge in [0, 0.05) is 25.5 Å². The molecule has 5 nitrogen and oxygen atoms in total. The van der Waals surface area contributed by atoms with Crippen LogP contribution in [0.2, 0.25) is 0 Å². The normalized spacial score (nSPS) is 22.6. The number of hydrogen-bond donors (Lipinski definition) is 2. The maximum Gasteiger partial charge on any atom is 0.242 e. The Balaban J connectivity index is 2.09. The molecule has 2 rings (SSSR count). The van der Waals surface area contributed by atoms with E-state index in [4.69, 9.17) is 10.5 Å². The highest BCUT2D eigenvalue weighted by atomic mass is 16.5. The lowest BCUT2D eigenvalue weighted by Crippen LogP contribution is -2.52. The molecule has 98 valence electrons. The molecule has 1 saturated heterocycles. The van der Waals surface area contributed by atoms with Crippen molar-refractivity contribution in [1.82, 2.24) is 10.3 Å². The van der Waals surface area contributed by atoms with Crippen LogP contribution in [-0.4, -0.2) is 30.1 Å². The van der Waals surface area contributed by atoms with Crippen LogP contribution in [0, 0.1) is 0 Å². The van der Waals surface area contributed by atoms with Crippen LogP contribution >= 0.6 is 0 Å². The zero-order valence-electron chi connectivity index (χ0n) is 10.6. The summed E-state index contributed by atoms with van der Waals surface area (Å²) in [5.74, 6) is -0.397. The van der Waals surface area contributed by atoms with E-state index in [-0.39, 0.29) is 6.10 Å². The molecule has 0 radical (unpaired) electrons. The Morgan fingerprint density at radius 3 is 2.89 bits per heavy atom. The lowest BCUT2D eigenvalue weighted by molar-refractivity contribution is -0.124. The molecule has 2 atom stereocenters. The molecule has 2 unspecified atom stereocenters. The summed E-state index contributed by atoms with van der Waals surface area (Å²) < 4.78 is 5.54. The largest absolute Gasteiger partial charge is 0.377 e. The van der Waals surface area contributed by atoms with Gasteiger partial charge < -0.3 is 10.5 Å². The number of carbonyl (C=O) groups is 1. The number of hydrogen-bond acceptors (Lipinski definition) is 4. The molecule has 0 spiro atoms. The quantitative estimate of drug-likeness (QED) is 0.799. The van der Waals surface area contributed by atoms with E-state index in [2.05, 4.69) is 10.3 Å². The zero-order chi connectivity index (χ0) is 13.0.